The highest BCUT2D eigenvalue weighted by molar-refractivity contribution is 5.74. The van der Waals surface area contributed by atoms with Gasteiger partial charge < -0.3 is 15.7 Å². The molecule has 0 unspecified atom stereocenters. The summed E-state index contributed by atoms with van der Waals surface area (Å²) >= 11 is 0. The van der Waals surface area contributed by atoms with Crippen LogP contribution in [-0.4, -0.2) is 35.5 Å². The molecule has 0 saturated carbocycles. The van der Waals surface area contributed by atoms with E-state index in [9.17, 15) is 4.79 Å². The van der Waals surface area contributed by atoms with Gasteiger partial charge in [-0.2, -0.15) is 0 Å². The van der Waals surface area contributed by atoms with Crippen molar-refractivity contribution < 1.29 is 9.90 Å². The summed E-state index contributed by atoms with van der Waals surface area (Å²) in [7, 11) is 1.86. The van der Waals surface area contributed by atoms with Crippen LogP contribution in [0.15, 0.2) is 0 Å². The van der Waals surface area contributed by atoms with E-state index in [4.69, 9.17) is 16.2 Å². The molecule has 0 rings (SSSR count). The summed E-state index contributed by atoms with van der Waals surface area (Å²) in [5.41, 5.74) is 5.37. The fourth-order valence-corrected chi connectivity index (χ4v) is 2.34. The first kappa shape index (κ1) is 19.7. The zero-order chi connectivity index (χ0) is 15.9. The van der Waals surface area contributed by atoms with E-state index in [1.54, 1.807) is 4.90 Å². The van der Waals surface area contributed by atoms with Crippen molar-refractivity contribution in [3.8, 4) is 0 Å². The molecule has 0 aromatic carbocycles. The third kappa shape index (κ3) is 15.0. The molecule has 0 aromatic heterocycles. The average Bonchev–Trinajstić information content (AvgIpc) is 2.43. The molecule has 0 atom stereocenters. The van der Waals surface area contributed by atoms with E-state index in [0.29, 0.717) is 6.42 Å². The number of carboxylic acid groups (broad SMARTS) is 1. The predicted molar refractivity (Wildman–Crippen MR) is 87.6 cm³/mol. The van der Waals surface area contributed by atoms with Crippen LogP contribution in [0.5, 0.6) is 0 Å². The summed E-state index contributed by atoms with van der Waals surface area (Å²) in [6.45, 7) is 0.881. The second-order valence-electron chi connectivity index (χ2n) is 5.84. The van der Waals surface area contributed by atoms with Crippen molar-refractivity contribution in [1.82, 2.24) is 4.90 Å². The highest BCUT2D eigenvalue weighted by Gasteiger charge is 1.99. The van der Waals surface area contributed by atoms with Crippen LogP contribution in [0.2, 0.25) is 0 Å². The average molecular weight is 299 g/mol. The molecule has 124 valence electrons. The number of aliphatic carboxylic acids is 1. The Morgan fingerprint density at radius 3 is 1.67 bits per heavy atom. The van der Waals surface area contributed by atoms with Gasteiger partial charge >= 0.3 is 5.97 Å². The van der Waals surface area contributed by atoms with E-state index in [-0.39, 0.29) is 5.96 Å². The van der Waals surface area contributed by atoms with Crippen molar-refractivity contribution in [2.75, 3.05) is 13.6 Å². The van der Waals surface area contributed by atoms with E-state index in [1.165, 1.54) is 51.4 Å². The van der Waals surface area contributed by atoms with Crippen molar-refractivity contribution in [3.63, 3.8) is 0 Å². The third-order valence-corrected chi connectivity index (χ3v) is 3.80. The van der Waals surface area contributed by atoms with Gasteiger partial charge in [0.2, 0.25) is 0 Å². The Balaban J connectivity index is 3.09. The minimum absolute atomic E-state index is 0.151. The van der Waals surface area contributed by atoms with Gasteiger partial charge in [0, 0.05) is 20.0 Å². The van der Waals surface area contributed by atoms with Gasteiger partial charge in [0.1, 0.15) is 0 Å². The maximum Gasteiger partial charge on any atom is 0.303 e. The van der Waals surface area contributed by atoms with E-state index in [2.05, 4.69) is 0 Å². The molecular weight excluding hydrogens is 266 g/mol. The van der Waals surface area contributed by atoms with Gasteiger partial charge in [-0.15, -0.1) is 0 Å². The number of nitrogens with zero attached hydrogens (tertiary/aromatic N) is 1. The smallest absolute Gasteiger partial charge is 0.303 e. The summed E-state index contributed by atoms with van der Waals surface area (Å²) in [6.07, 6.45) is 13.4. The SMILES string of the molecule is CN(CCCCCCCCCCCCCC(=O)O)C(=N)N. The molecule has 0 aliphatic heterocycles. The van der Waals surface area contributed by atoms with Gasteiger partial charge in [-0.1, -0.05) is 57.8 Å². The first-order valence-corrected chi connectivity index (χ1v) is 8.31. The Labute approximate surface area is 129 Å². The number of nitrogens with two attached hydrogens (primary N) is 1. The fourth-order valence-electron chi connectivity index (χ4n) is 2.34. The fraction of sp³-hybridized carbons (Fsp3) is 0.875. The summed E-state index contributed by atoms with van der Waals surface area (Å²) < 4.78 is 0. The van der Waals surface area contributed by atoms with Crippen LogP contribution in [0.4, 0.5) is 0 Å². The molecule has 0 aliphatic carbocycles. The Kier molecular flexibility index (Phi) is 12.9. The van der Waals surface area contributed by atoms with Crippen LogP contribution >= 0.6 is 0 Å². The molecule has 0 saturated heterocycles. The van der Waals surface area contributed by atoms with Crippen LogP contribution in [0.25, 0.3) is 0 Å². The minimum Gasteiger partial charge on any atom is -0.481 e. The van der Waals surface area contributed by atoms with Gasteiger partial charge in [0.05, 0.1) is 0 Å². The molecular formula is C16H33N3O2. The van der Waals surface area contributed by atoms with Crippen molar-refractivity contribution >= 4 is 11.9 Å². The molecule has 5 nitrogen and oxygen atoms in total. The molecule has 0 bridgehead atoms. The maximum absolute atomic E-state index is 10.3. The lowest BCUT2D eigenvalue weighted by molar-refractivity contribution is -0.137. The van der Waals surface area contributed by atoms with E-state index in [0.717, 1.165) is 25.8 Å². The van der Waals surface area contributed by atoms with Crippen molar-refractivity contribution in [3.05, 3.63) is 0 Å². The largest absolute Gasteiger partial charge is 0.481 e. The number of guanidine groups is 1. The number of hydrogen-bond donors (Lipinski definition) is 3. The van der Waals surface area contributed by atoms with E-state index < -0.39 is 5.97 Å². The Hall–Kier alpha value is -1.26. The molecule has 0 aromatic rings. The van der Waals surface area contributed by atoms with Gasteiger partial charge in [0.25, 0.3) is 0 Å². The Morgan fingerprint density at radius 1 is 0.905 bits per heavy atom. The standard InChI is InChI=1S/C16H33N3O2/c1-19(16(17)18)14-12-10-8-6-4-2-3-5-7-9-11-13-15(20)21/h2-14H2,1H3,(H3,17,18)(H,20,21). The van der Waals surface area contributed by atoms with Crippen LogP contribution in [0.1, 0.15) is 77.0 Å². The quantitative estimate of drug-likeness (QED) is 0.260. The zero-order valence-corrected chi connectivity index (χ0v) is 13.6. The van der Waals surface area contributed by atoms with Gasteiger partial charge in [0.15, 0.2) is 5.96 Å². The molecule has 0 radical (unpaired) electrons. The lowest BCUT2D eigenvalue weighted by Crippen LogP contribution is -2.33. The van der Waals surface area contributed by atoms with Crippen molar-refractivity contribution in [1.29, 1.82) is 5.41 Å². The molecule has 0 heterocycles. The van der Waals surface area contributed by atoms with Gasteiger partial charge in [-0.05, 0) is 12.8 Å². The molecule has 5 heteroatoms. The van der Waals surface area contributed by atoms with E-state index in [1.807, 2.05) is 7.05 Å². The van der Waals surface area contributed by atoms with Crippen LogP contribution < -0.4 is 5.73 Å². The summed E-state index contributed by atoms with van der Waals surface area (Å²) in [4.78, 5) is 12.1. The molecule has 0 aliphatic rings. The second kappa shape index (κ2) is 13.7. The van der Waals surface area contributed by atoms with Crippen LogP contribution in [-0.2, 0) is 4.79 Å². The number of nitrogens with one attached hydrogen (secondary N) is 1. The summed E-state index contributed by atoms with van der Waals surface area (Å²) in [5, 5.41) is 15.8. The minimum atomic E-state index is -0.676. The summed E-state index contributed by atoms with van der Waals surface area (Å²) in [6, 6.07) is 0. The number of rotatable bonds is 14. The molecule has 0 fully saturated rings. The number of carboxylic acids is 1. The topological polar surface area (TPSA) is 90.4 Å². The van der Waals surface area contributed by atoms with Crippen LogP contribution in [0.3, 0.4) is 0 Å². The van der Waals surface area contributed by atoms with Crippen molar-refractivity contribution in [2.24, 2.45) is 5.73 Å². The lowest BCUT2D eigenvalue weighted by Gasteiger charge is -2.15. The highest BCUT2D eigenvalue weighted by atomic mass is 16.4. The zero-order valence-electron chi connectivity index (χ0n) is 13.6. The molecule has 21 heavy (non-hydrogen) atoms. The monoisotopic (exact) mass is 299 g/mol. The first-order valence-electron chi connectivity index (χ1n) is 8.31. The predicted octanol–water partition coefficient (Wildman–Crippen LogP) is 3.58. The number of carbonyl (C=O) groups is 1. The Bertz CT molecular complexity index is 283. The highest BCUT2D eigenvalue weighted by Crippen LogP contribution is 2.12. The number of hydrogen-bond acceptors (Lipinski definition) is 2. The van der Waals surface area contributed by atoms with E-state index >= 15 is 0 Å². The lowest BCUT2D eigenvalue weighted by atomic mass is 10.1. The summed E-state index contributed by atoms with van der Waals surface area (Å²) in [5.74, 6) is -0.525. The third-order valence-electron chi connectivity index (χ3n) is 3.80. The normalized spacial score (nSPS) is 10.5. The Morgan fingerprint density at radius 2 is 1.29 bits per heavy atom. The van der Waals surface area contributed by atoms with Crippen molar-refractivity contribution in [2.45, 2.75) is 77.0 Å². The number of unbranched alkanes of at least 4 members (excludes halogenated alkanes) is 10. The second-order valence-corrected chi connectivity index (χ2v) is 5.84. The van der Waals surface area contributed by atoms with Gasteiger partial charge in [-0.3, -0.25) is 10.2 Å². The molecule has 0 spiro atoms. The molecule has 0 amide bonds. The first-order chi connectivity index (χ1) is 10.0. The van der Waals surface area contributed by atoms with Gasteiger partial charge in [-0.25, -0.2) is 0 Å². The maximum atomic E-state index is 10.3. The van der Waals surface area contributed by atoms with Crippen LogP contribution in [0, 0.1) is 5.41 Å². The molecule has 4 N–H and O–H groups in total.